The van der Waals surface area contributed by atoms with E-state index in [0.717, 1.165) is 19.3 Å². The molecule has 0 aliphatic carbocycles. The van der Waals surface area contributed by atoms with E-state index >= 15 is 0 Å². The molecule has 1 saturated heterocycles. The maximum absolute atomic E-state index is 10.4. The molecule has 1 N–H and O–H groups in total. The van der Waals surface area contributed by atoms with Gasteiger partial charge in [0.05, 0.1) is 12.2 Å². The highest BCUT2D eigenvalue weighted by Gasteiger charge is 2.36. The summed E-state index contributed by atoms with van der Waals surface area (Å²) in [4.78, 5) is 10.4. The summed E-state index contributed by atoms with van der Waals surface area (Å²) >= 11 is 0. The van der Waals surface area contributed by atoms with Crippen LogP contribution in [0.4, 0.5) is 0 Å². The summed E-state index contributed by atoms with van der Waals surface area (Å²) in [6.07, 6.45) is 21.7. The van der Waals surface area contributed by atoms with Gasteiger partial charge in [-0.05, 0) is 38.5 Å². The highest BCUT2D eigenvalue weighted by atomic mass is 16.6. The lowest BCUT2D eigenvalue weighted by Gasteiger charge is -1.99. The maximum Gasteiger partial charge on any atom is 0.303 e. The molecule has 0 unspecified atom stereocenters. The van der Waals surface area contributed by atoms with E-state index in [2.05, 4.69) is 19.1 Å². The second-order valence-electron chi connectivity index (χ2n) is 6.81. The average molecular weight is 325 g/mol. The van der Waals surface area contributed by atoms with Crippen LogP contribution in [0, 0.1) is 0 Å². The summed E-state index contributed by atoms with van der Waals surface area (Å²) in [6, 6.07) is 0. The number of carboxylic acids is 1. The Morgan fingerprint density at radius 3 is 2.09 bits per heavy atom. The van der Waals surface area contributed by atoms with Crippen LogP contribution in [0.5, 0.6) is 0 Å². The van der Waals surface area contributed by atoms with Gasteiger partial charge in [0, 0.05) is 6.42 Å². The Kier molecular flexibility index (Phi) is 11.9. The molecule has 0 amide bonds. The number of carboxylic acid groups (broad SMARTS) is 1. The second-order valence-corrected chi connectivity index (χ2v) is 6.81. The molecular weight excluding hydrogens is 288 g/mol. The average Bonchev–Trinajstić information content (AvgIpc) is 3.27. The van der Waals surface area contributed by atoms with Crippen LogP contribution in [0.3, 0.4) is 0 Å². The summed E-state index contributed by atoms with van der Waals surface area (Å²) in [6.45, 7) is 2.25. The van der Waals surface area contributed by atoms with E-state index in [0.29, 0.717) is 12.2 Å². The zero-order valence-electron chi connectivity index (χ0n) is 15.0. The molecule has 1 rings (SSSR count). The molecule has 0 spiro atoms. The normalized spacial score (nSPS) is 20.2. The first-order valence-electron chi connectivity index (χ1n) is 9.76. The van der Waals surface area contributed by atoms with E-state index in [4.69, 9.17) is 9.84 Å². The first kappa shape index (κ1) is 20.2. The summed E-state index contributed by atoms with van der Waals surface area (Å²) in [7, 11) is 0. The summed E-state index contributed by atoms with van der Waals surface area (Å²) in [5.41, 5.74) is 0. The molecule has 0 aromatic heterocycles. The Morgan fingerprint density at radius 1 is 0.870 bits per heavy atom. The Hall–Kier alpha value is -0.830. The molecule has 3 heteroatoms. The number of aliphatic carboxylic acids is 1. The van der Waals surface area contributed by atoms with E-state index < -0.39 is 5.97 Å². The molecule has 0 radical (unpaired) electrons. The smallest absolute Gasteiger partial charge is 0.303 e. The van der Waals surface area contributed by atoms with E-state index in [1.165, 1.54) is 64.2 Å². The molecule has 134 valence electrons. The number of ether oxygens (including phenoxy) is 1. The first-order chi connectivity index (χ1) is 11.2. The van der Waals surface area contributed by atoms with Crippen LogP contribution in [0.15, 0.2) is 12.2 Å². The number of rotatable bonds is 16. The molecule has 0 aromatic rings. The third-order valence-corrected chi connectivity index (χ3v) is 4.57. The number of hydrogen-bond acceptors (Lipinski definition) is 2. The standard InChI is InChI=1S/C20H36O3/c1-2-3-12-15-18-19(23-18)16-13-10-8-6-4-5-7-9-11-14-17-20(21)22/h7,9,18-19H,2-6,8,10-17H2,1H3,(H,21,22)/b9-7-/t18-,19+/m1/s1. The van der Waals surface area contributed by atoms with Gasteiger partial charge in [-0.2, -0.15) is 0 Å². The van der Waals surface area contributed by atoms with Crippen LogP contribution >= 0.6 is 0 Å². The van der Waals surface area contributed by atoms with Gasteiger partial charge in [-0.1, -0.05) is 64.0 Å². The van der Waals surface area contributed by atoms with E-state index in [-0.39, 0.29) is 6.42 Å². The molecular formula is C20H36O3. The highest BCUT2D eigenvalue weighted by Crippen LogP contribution is 2.31. The van der Waals surface area contributed by atoms with Crippen molar-refractivity contribution in [2.75, 3.05) is 0 Å². The molecule has 2 atom stereocenters. The number of allylic oxidation sites excluding steroid dienone is 2. The molecule has 0 aromatic carbocycles. The van der Waals surface area contributed by atoms with Crippen molar-refractivity contribution in [1.29, 1.82) is 0 Å². The maximum atomic E-state index is 10.4. The minimum atomic E-state index is -0.692. The minimum Gasteiger partial charge on any atom is -0.481 e. The van der Waals surface area contributed by atoms with Crippen molar-refractivity contribution >= 4 is 5.97 Å². The molecule has 1 heterocycles. The van der Waals surface area contributed by atoms with Crippen molar-refractivity contribution in [2.24, 2.45) is 0 Å². The predicted octanol–water partition coefficient (Wildman–Crippen LogP) is 5.88. The van der Waals surface area contributed by atoms with E-state index in [1.807, 2.05) is 0 Å². The van der Waals surface area contributed by atoms with Crippen LogP contribution in [0.2, 0.25) is 0 Å². The van der Waals surface area contributed by atoms with E-state index in [9.17, 15) is 4.79 Å². The molecule has 1 aliphatic rings. The minimum absolute atomic E-state index is 0.286. The van der Waals surface area contributed by atoms with Gasteiger partial charge in [-0.25, -0.2) is 0 Å². The van der Waals surface area contributed by atoms with Gasteiger partial charge in [-0.15, -0.1) is 0 Å². The Balaban J connectivity index is 1.75. The molecule has 0 saturated carbocycles. The Bertz CT molecular complexity index is 325. The van der Waals surface area contributed by atoms with Crippen LogP contribution in [0.25, 0.3) is 0 Å². The first-order valence-corrected chi connectivity index (χ1v) is 9.76. The summed E-state index contributed by atoms with van der Waals surface area (Å²) < 4.78 is 5.72. The van der Waals surface area contributed by atoms with Gasteiger partial charge < -0.3 is 9.84 Å². The number of epoxide rings is 1. The SMILES string of the molecule is CCCCC[C@H]1O[C@H]1CCCCCCC/C=C\CCCC(=O)O. The molecule has 1 aliphatic heterocycles. The van der Waals surface area contributed by atoms with Gasteiger partial charge in [-0.3, -0.25) is 4.79 Å². The monoisotopic (exact) mass is 324 g/mol. The van der Waals surface area contributed by atoms with Gasteiger partial charge >= 0.3 is 5.97 Å². The lowest BCUT2D eigenvalue weighted by Crippen LogP contribution is -1.94. The van der Waals surface area contributed by atoms with Crippen molar-refractivity contribution in [3.8, 4) is 0 Å². The second kappa shape index (κ2) is 13.6. The van der Waals surface area contributed by atoms with Crippen LogP contribution < -0.4 is 0 Å². The van der Waals surface area contributed by atoms with Gasteiger partial charge in [0.25, 0.3) is 0 Å². The van der Waals surface area contributed by atoms with Crippen molar-refractivity contribution in [3.05, 3.63) is 12.2 Å². The largest absolute Gasteiger partial charge is 0.481 e. The van der Waals surface area contributed by atoms with Crippen molar-refractivity contribution < 1.29 is 14.6 Å². The fourth-order valence-electron chi connectivity index (χ4n) is 3.03. The molecule has 23 heavy (non-hydrogen) atoms. The number of carbonyl (C=O) groups is 1. The molecule has 0 bridgehead atoms. The third kappa shape index (κ3) is 12.3. The summed E-state index contributed by atoms with van der Waals surface area (Å²) in [5, 5.41) is 8.53. The fourth-order valence-corrected chi connectivity index (χ4v) is 3.03. The topological polar surface area (TPSA) is 49.8 Å². The van der Waals surface area contributed by atoms with Gasteiger partial charge in [0.2, 0.25) is 0 Å². The number of unbranched alkanes of at least 4 members (excludes halogenated alkanes) is 8. The fraction of sp³-hybridized carbons (Fsp3) is 0.850. The van der Waals surface area contributed by atoms with E-state index in [1.54, 1.807) is 0 Å². The van der Waals surface area contributed by atoms with Crippen molar-refractivity contribution in [2.45, 2.75) is 109 Å². The lowest BCUT2D eigenvalue weighted by atomic mass is 10.0. The van der Waals surface area contributed by atoms with Crippen molar-refractivity contribution in [1.82, 2.24) is 0 Å². The third-order valence-electron chi connectivity index (χ3n) is 4.57. The van der Waals surface area contributed by atoms with Crippen LogP contribution in [-0.2, 0) is 9.53 Å². The van der Waals surface area contributed by atoms with Crippen LogP contribution in [0.1, 0.15) is 96.8 Å². The Labute approximate surface area is 142 Å². The van der Waals surface area contributed by atoms with Gasteiger partial charge in [0.15, 0.2) is 0 Å². The van der Waals surface area contributed by atoms with Crippen molar-refractivity contribution in [3.63, 3.8) is 0 Å². The molecule has 1 fully saturated rings. The summed E-state index contributed by atoms with van der Waals surface area (Å²) in [5.74, 6) is -0.692. The zero-order chi connectivity index (χ0) is 16.8. The highest BCUT2D eigenvalue weighted by molar-refractivity contribution is 5.66. The molecule has 3 nitrogen and oxygen atoms in total. The predicted molar refractivity (Wildman–Crippen MR) is 95.7 cm³/mol. The lowest BCUT2D eigenvalue weighted by molar-refractivity contribution is -0.137. The van der Waals surface area contributed by atoms with Gasteiger partial charge in [0.1, 0.15) is 0 Å². The Morgan fingerprint density at radius 2 is 1.43 bits per heavy atom. The number of hydrogen-bond donors (Lipinski definition) is 1. The van der Waals surface area contributed by atoms with Crippen LogP contribution in [-0.4, -0.2) is 23.3 Å². The zero-order valence-corrected chi connectivity index (χ0v) is 15.0. The quantitative estimate of drug-likeness (QED) is 0.219.